The van der Waals surface area contributed by atoms with Crippen LogP contribution in [0.3, 0.4) is 0 Å². The van der Waals surface area contributed by atoms with E-state index < -0.39 is 5.76 Å². The van der Waals surface area contributed by atoms with Crippen molar-refractivity contribution in [2.45, 2.75) is 6.54 Å². The molecule has 0 aliphatic carbocycles. The molecule has 0 saturated carbocycles. The first-order valence-corrected chi connectivity index (χ1v) is 11.5. The number of thioether (sulfide) groups is 1. The third kappa shape index (κ3) is 3.68. The normalized spacial score (nSPS) is 17.2. The lowest BCUT2D eigenvalue weighted by Crippen LogP contribution is -2.51. The van der Waals surface area contributed by atoms with Crippen LogP contribution in [0.15, 0.2) is 61.2 Å². The lowest BCUT2D eigenvalue weighted by atomic mass is 10.3. The van der Waals surface area contributed by atoms with E-state index >= 15 is 0 Å². The molecule has 3 aromatic rings. The number of amidine groups is 1. The van der Waals surface area contributed by atoms with E-state index in [2.05, 4.69) is 21.2 Å². The number of hydrogen-bond donors (Lipinski definition) is 0. The number of thiophene rings is 1. The number of carbonyl (C=O) groups is 1. The van der Waals surface area contributed by atoms with Crippen LogP contribution in [-0.2, 0) is 11.3 Å². The van der Waals surface area contributed by atoms with Crippen molar-refractivity contribution < 1.29 is 9.21 Å². The summed E-state index contributed by atoms with van der Waals surface area (Å²) in [6, 6.07) is 11.2. The highest BCUT2D eigenvalue weighted by molar-refractivity contribution is 8.14. The first-order chi connectivity index (χ1) is 14.7. The first-order valence-electron chi connectivity index (χ1n) is 9.61. The van der Waals surface area contributed by atoms with Crippen molar-refractivity contribution in [1.82, 2.24) is 14.4 Å². The van der Waals surface area contributed by atoms with E-state index in [0.29, 0.717) is 37.3 Å². The Balaban J connectivity index is 1.21. The van der Waals surface area contributed by atoms with Gasteiger partial charge in [-0.2, -0.15) is 5.10 Å². The summed E-state index contributed by atoms with van der Waals surface area (Å²) in [6.07, 6.45) is 0. The van der Waals surface area contributed by atoms with E-state index in [1.54, 1.807) is 46.2 Å². The van der Waals surface area contributed by atoms with Crippen molar-refractivity contribution in [1.29, 1.82) is 0 Å². The molecule has 0 atom stereocenters. The summed E-state index contributed by atoms with van der Waals surface area (Å²) in [7, 11) is 0. The number of carbonyl (C=O) groups excluding carboxylic acids is 1. The molecule has 0 N–H and O–H groups in total. The third-order valence-electron chi connectivity index (χ3n) is 5.17. The lowest BCUT2D eigenvalue weighted by Gasteiger charge is -2.36. The number of rotatable bonds is 3. The van der Waals surface area contributed by atoms with Crippen molar-refractivity contribution in [3.63, 3.8) is 0 Å². The fraction of sp³-hybridized carbons (Fsp3) is 0.300. The summed E-state index contributed by atoms with van der Waals surface area (Å²) in [5.74, 6) is 0.213. The maximum atomic E-state index is 12.8. The van der Waals surface area contributed by atoms with Gasteiger partial charge in [0.2, 0.25) is 5.91 Å². The number of aromatic nitrogens is 1. The third-order valence-corrected chi connectivity index (χ3v) is 7.10. The zero-order valence-electron chi connectivity index (χ0n) is 16.1. The smallest absolute Gasteiger partial charge is 0.408 e. The van der Waals surface area contributed by atoms with E-state index in [1.165, 1.54) is 4.57 Å². The molecule has 0 spiro atoms. The van der Waals surface area contributed by atoms with Crippen LogP contribution >= 0.6 is 23.1 Å². The molecule has 30 heavy (non-hydrogen) atoms. The fourth-order valence-electron chi connectivity index (χ4n) is 3.56. The molecule has 1 saturated heterocycles. The van der Waals surface area contributed by atoms with Gasteiger partial charge in [-0.1, -0.05) is 30.0 Å². The molecule has 0 radical (unpaired) electrons. The number of amides is 1. The second-order valence-electron chi connectivity index (χ2n) is 6.98. The van der Waals surface area contributed by atoms with Gasteiger partial charge in [-0.25, -0.2) is 4.79 Å². The van der Waals surface area contributed by atoms with Gasteiger partial charge < -0.3 is 14.2 Å². The van der Waals surface area contributed by atoms with Gasteiger partial charge in [0.15, 0.2) is 10.8 Å². The summed E-state index contributed by atoms with van der Waals surface area (Å²) in [4.78, 5) is 30.0. The van der Waals surface area contributed by atoms with Gasteiger partial charge in [0, 0.05) is 31.9 Å². The van der Waals surface area contributed by atoms with Crippen LogP contribution in [-0.4, -0.2) is 63.1 Å². The van der Waals surface area contributed by atoms with Gasteiger partial charge in [-0.05, 0) is 23.6 Å². The molecule has 2 aliphatic heterocycles. The van der Waals surface area contributed by atoms with E-state index in [9.17, 15) is 9.59 Å². The van der Waals surface area contributed by atoms with Gasteiger partial charge >= 0.3 is 5.76 Å². The van der Waals surface area contributed by atoms with E-state index in [-0.39, 0.29) is 12.5 Å². The Bertz CT molecular complexity index is 1190. The molecule has 0 bridgehead atoms. The zero-order valence-corrected chi connectivity index (χ0v) is 17.7. The minimum Gasteiger partial charge on any atom is -0.408 e. The zero-order chi connectivity index (χ0) is 20.5. The first kappa shape index (κ1) is 19.1. The van der Waals surface area contributed by atoms with Crippen molar-refractivity contribution in [3.05, 3.63) is 57.2 Å². The van der Waals surface area contributed by atoms with Crippen LogP contribution in [0.5, 0.6) is 0 Å². The SMILES string of the molecule is O=C(Cn1c(=O)oc2ccccc21)N1CCN(C2=NN=C(c3cccs3)CS2)CC1. The van der Waals surface area contributed by atoms with Gasteiger partial charge in [0.25, 0.3) is 0 Å². The number of piperazine rings is 1. The average molecular weight is 442 g/mol. The number of nitrogens with zero attached hydrogens (tertiary/aromatic N) is 5. The Morgan fingerprint density at radius 3 is 2.63 bits per heavy atom. The topological polar surface area (TPSA) is 83.4 Å². The van der Waals surface area contributed by atoms with E-state index in [4.69, 9.17) is 4.42 Å². The number of hydrogen-bond acceptors (Lipinski definition) is 8. The van der Waals surface area contributed by atoms with Crippen LogP contribution in [0.25, 0.3) is 11.1 Å². The Kier molecular flexibility index (Phi) is 5.17. The summed E-state index contributed by atoms with van der Waals surface area (Å²) >= 11 is 3.35. The lowest BCUT2D eigenvalue weighted by molar-refractivity contribution is -0.133. The highest BCUT2D eigenvalue weighted by Gasteiger charge is 2.26. The van der Waals surface area contributed by atoms with E-state index in [1.807, 2.05) is 17.5 Å². The molecule has 154 valence electrons. The fourth-order valence-corrected chi connectivity index (χ4v) is 5.30. The quantitative estimate of drug-likeness (QED) is 0.623. The van der Waals surface area contributed by atoms with Gasteiger partial charge in [-0.15, -0.1) is 16.4 Å². The van der Waals surface area contributed by atoms with Gasteiger partial charge in [-0.3, -0.25) is 9.36 Å². The molecule has 1 amide bonds. The van der Waals surface area contributed by atoms with Gasteiger partial charge in [0.05, 0.1) is 16.1 Å². The molecule has 4 heterocycles. The summed E-state index contributed by atoms with van der Waals surface area (Å²) in [5.41, 5.74) is 2.14. The molecular formula is C20H19N5O3S2. The largest absolute Gasteiger partial charge is 0.420 e. The summed E-state index contributed by atoms with van der Waals surface area (Å²) in [6.45, 7) is 2.56. The molecule has 2 aromatic heterocycles. The average Bonchev–Trinajstić information content (AvgIpc) is 3.43. The number of para-hydroxylation sites is 2. The van der Waals surface area contributed by atoms with Crippen LogP contribution in [0.1, 0.15) is 4.88 Å². The molecule has 5 rings (SSSR count). The molecule has 8 nitrogen and oxygen atoms in total. The van der Waals surface area contributed by atoms with Crippen LogP contribution < -0.4 is 5.76 Å². The highest BCUT2D eigenvalue weighted by Crippen LogP contribution is 2.21. The number of oxazole rings is 1. The number of fused-ring (bicyclic) bond motifs is 1. The monoisotopic (exact) mass is 441 g/mol. The van der Waals surface area contributed by atoms with Crippen molar-refractivity contribution in [3.8, 4) is 0 Å². The predicted octanol–water partition coefficient (Wildman–Crippen LogP) is 2.31. The molecule has 1 fully saturated rings. The minimum absolute atomic E-state index is 0.0139. The van der Waals surface area contributed by atoms with Crippen molar-refractivity contribution in [2.24, 2.45) is 10.2 Å². The molecule has 0 unspecified atom stereocenters. The Labute approximate surface area is 180 Å². The molecule has 2 aliphatic rings. The van der Waals surface area contributed by atoms with Crippen LogP contribution in [0.2, 0.25) is 0 Å². The van der Waals surface area contributed by atoms with Crippen LogP contribution in [0.4, 0.5) is 0 Å². The maximum absolute atomic E-state index is 12.8. The Morgan fingerprint density at radius 2 is 1.90 bits per heavy atom. The molecular weight excluding hydrogens is 422 g/mol. The Morgan fingerprint density at radius 1 is 1.07 bits per heavy atom. The maximum Gasteiger partial charge on any atom is 0.420 e. The number of benzene rings is 1. The molecule has 1 aromatic carbocycles. The summed E-state index contributed by atoms with van der Waals surface area (Å²) < 4.78 is 6.61. The van der Waals surface area contributed by atoms with Gasteiger partial charge in [0.1, 0.15) is 6.54 Å². The van der Waals surface area contributed by atoms with Crippen molar-refractivity contribution in [2.75, 3.05) is 31.9 Å². The second kappa shape index (κ2) is 8.11. The predicted molar refractivity (Wildman–Crippen MR) is 119 cm³/mol. The van der Waals surface area contributed by atoms with Crippen LogP contribution in [0, 0.1) is 0 Å². The second-order valence-corrected chi connectivity index (χ2v) is 8.88. The Hall–Kier alpha value is -2.85. The highest BCUT2D eigenvalue weighted by atomic mass is 32.2. The van der Waals surface area contributed by atoms with E-state index in [0.717, 1.165) is 21.5 Å². The van der Waals surface area contributed by atoms with Crippen molar-refractivity contribution >= 4 is 51.0 Å². The standard InChI is InChI=1S/C20H19N5O3S2/c26-18(12-25-15-4-1-2-5-16(15)28-20(25)27)23-7-9-24(10-8-23)19-22-21-14(13-30-19)17-6-3-11-29-17/h1-6,11H,7-10,12-13H2. The summed E-state index contributed by atoms with van der Waals surface area (Å²) in [5, 5.41) is 11.7. The molecule has 10 heteroatoms. The minimum atomic E-state index is -0.504.